The number of benzene rings is 1. The summed E-state index contributed by atoms with van der Waals surface area (Å²) in [4.78, 5) is 27.4. The largest absolute Gasteiger partial charge is 0.507 e. The molecule has 23 heavy (non-hydrogen) atoms. The molecule has 120 valence electrons. The van der Waals surface area contributed by atoms with E-state index >= 15 is 0 Å². The van der Waals surface area contributed by atoms with Gasteiger partial charge in [0.1, 0.15) is 11.3 Å². The molecule has 2 N–H and O–H groups in total. The second-order valence-corrected chi connectivity index (χ2v) is 5.55. The quantitative estimate of drug-likeness (QED) is 0.798. The van der Waals surface area contributed by atoms with Gasteiger partial charge in [-0.2, -0.15) is 0 Å². The number of pyridine rings is 1. The van der Waals surface area contributed by atoms with Crippen molar-refractivity contribution < 1.29 is 19.4 Å². The highest BCUT2D eigenvalue weighted by atomic mass is 35.5. The van der Waals surface area contributed by atoms with Crippen LogP contribution in [-0.2, 0) is 9.53 Å². The maximum atomic E-state index is 11.8. The van der Waals surface area contributed by atoms with Gasteiger partial charge in [-0.15, -0.1) is 0 Å². The lowest BCUT2D eigenvalue weighted by atomic mass is 10.2. The number of amides is 1. The average molecular weight is 376 g/mol. The van der Waals surface area contributed by atoms with Crippen LogP contribution in [0.25, 0.3) is 0 Å². The van der Waals surface area contributed by atoms with Gasteiger partial charge in [-0.3, -0.25) is 4.79 Å². The first-order valence-corrected chi connectivity index (χ1v) is 7.26. The summed E-state index contributed by atoms with van der Waals surface area (Å²) in [5.41, 5.74) is -0.145. The first kappa shape index (κ1) is 17.3. The zero-order valence-electron chi connectivity index (χ0n) is 11.3. The topological polar surface area (TPSA) is 88.5 Å². The van der Waals surface area contributed by atoms with Gasteiger partial charge >= 0.3 is 5.97 Å². The molecule has 1 aromatic carbocycles. The first-order valence-electron chi connectivity index (χ1n) is 6.13. The van der Waals surface area contributed by atoms with Crippen molar-refractivity contribution in [2.45, 2.75) is 0 Å². The van der Waals surface area contributed by atoms with E-state index < -0.39 is 18.5 Å². The van der Waals surface area contributed by atoms with Crippen molar-refractivity contribution in [2.75, 3.05) is 11.9 Å². The number of phenols is 1. The predicted octanol–water partition coefficient (Wildman–Crippen LogP) is 3.54. The molecule has 2 rings (SSSR count). The van der Waals surface area contributed by atoms with Crippen molar-refractivity contribution in [3.8, 4) is 5.75 Å². The Morgan fingerprint density at radius 3 is 2.61 bits per heavy atom. The second-order valence-electron chi connectivity index (χ2n) is 4.27. The summed E-state index contributed by atoms with van der Waals surface area (Å²) in [7, 11) is 0. The Morgan fingerprint density at radius 2 is 1.91 bits per heavy atom. The maximum Gasteiger partial charge on any atom is 0.342 e. The van der Waals surface area contributed by atoms with Crippen LogP contribution in [0.4, 0.5) is 5.82 Å². The number of halogens is 3. The molecule has 0 unspecified atom stereocenters. The van der Waals surface area contributed by atoms with Crippen molar-refractivity contribution in [1.82, 2.24) is 4.98 Å². The number of ether oxygens (including phenoxy) is 1. The Balaban J connectivity index is 1.96. The van der Waals surface area contributed by atoms with E-state index in [0.29, 0.717) is 5.02 Å². The van der Waals surface area contributed by atoms with Gasteiger partial charge in [-0.05, 0) is 24.3 Å². The van der Waals surface area contributed by atoms with E-state index in [0.717, 1.165) is 0 Å². The number of carbonyl (C=O) groups is 2. The van der Waals surface area contributed by atoms with E-state index in [1.807, 2.05) is 0 Å². The van der Waals surface area contributed by atoms with Gasteiger partial charge < -0.3 is 15.2 Å². The number of hydrogen-bond acceptors (Lipinski definition) is 5. The third-order valence-corrected chi connectivity index (χ3v) is 3.31. The Hall–Kier alpha value is -2.02. The lowest BCUT2D eigenvalue weighted by Gasteiger charge is -2.08. The van der Waals surface area contributed by atoms with E-state index in [-0.39, 0.29) is 27.2 Å². The molecule has 0 aliphatic carbocycles. The molecule has 0 radical (unpaired) electrons. The number of phenolic OH excluding ortho intramolecular Hbond substituents is 1. The van der Waals surface area contributed by atoms with Crippen molar-refractivity contribution in [2.24, 2.45) is 0 Å². The first-order chi connectivity index (χ1) is 10.9. The third kappa shape index (κ3) is 4.72. The number of anilines is 1. The Kier molecular flexibility index (Phi) is 5.65. The van der Waals surface area contributed by atoms with Gasteiger partial charge in [0, 0.05) is 11.2 Å². The van der Waals surface area contributed by atoms with Crippen LogP contribution in [-0.4, -0.2) is 28.6 Å². The molecule has 1 amide bonds. The lowest BCUT2D eigenvalue weighted by Crippen LogP contribution is -2.21. The molecular weight excluding hydrogens is 367 g/mol. The molecule has 0 bridgehead atoms. The molecule has 1 heterocycles. The number of carbonyl (C=O) groups excluding carboxylic acids is 2. The van der Waals surface area contributed by atoms with Crippen LogP contribution in [0.15, 0.2) is 30.5 Å². The van der Waals surface area contributed by atoms with Crippen molar-refractivity contribution in [3.63, 3.8) is 0 Å². The van der Waals surface area contributed by atoms with E-state index in [4.69, 9.17) is 39.5 Å². The summed E-state index contributed by atoms with van der Waals surface area (Å²) < 4.78 is 4.79. The average Bonchev–Trinajstić information content (AvgIpc) is 2.50. The minimum Gasteiger partial charge on any atom is -0.507 e. The fraction of sp³-hybridized carbons (Fsp3) is 0.0714. The van der Waals surface area contributed by atoms with Crippen LogP contribution in [0.5, 0.6) is 5.75 Å². The molecular formula is C14H9Cl3N2O4. The highest BCUT2D eigenvalue weighted by molar-refractivity contribution is 6.36. The maximum absolute atomic E-state index is 11.8. The van der Waals surface area contributed by atoms with Crippen LogP contribution >= 0.6 is 34.8 Å². The molecule has 0 aliphatic rings. The molecule has 0 saturated heterocycles. The summed E-state index contributed by atoms with van der Waals surface area (Å²) in [6.07, 6.45) is 1.30. The molecule has 2 aromatic rings. The smallest absolute Gasteiger partial charge is 0.342 e. The number of esters is 1. The summed E-state index contributed by atoms with van der Waals surface area (Å²) in [6, 6.07) is 5.29. The van der Waals surface area contributed by atoms with Crippen LogP contribution in [0, 0.1) is 0 Å². The minimum atomic E-state index is -0.893. The number of hydrogen-bond donors (Lipinski definition) is 2. The molecule has 1 aromatic heterocycles. The van der Waals surface area contributed by atoms with Gasteiger partial charge in [0.2, 0.25) is 0 Å². The fourth-order valence-corrected chi connectivity index (χ4v) is 2.15. The number of aromatic nitrogens is 1. The zero-order valence-corrected chi connectivity index (χ0v) is 13.6. The second kappa shape index (κ2) is 7.50. The monoisotopic (exact) mass is 374 g/mol. The van der Waals surface area contributed by atoms with Crippen LogP contribution in [0.2, 0.25) is 15.1 Å². The highest BCUT2D eigenvalue weighted by Crippen LogP contribution is 2.23. The number of aromatic hydroxyl groups is 1. The van der Waals surface area contributed by atoms with Crippen LogP contribution < -0.4 is 5.32 Å². The summed E-state index contributed by atoms with van der Waals surface area (Å²) in [5, 5.41) is 12.6. The van der Waals surface area contributed by atoms with E-state index in [1.165, 1.54) is 30.5 Å². The summed E-state index contributed by atoms with van der Waals surface area (Å²) >= 11 is 17.3. The highest BCUT2D eigenvalue weighted by Gasteiger charge is 2.16. The third-order valence-electron chi connectivity index (χ3n) is 2.58. The number of nitrogens with one attached hydrogen (secondary N) is 1. The Labute approximate surface area is 145 Å². The van der Waals surface area contributed by atoms with Crippen LogP contribution in [0.1, 0.15) is 10.4 Å². The molecule has 0 saturated carbocycles. The van der Waals surface area contributed by atoms with Gasteiger partial charge in [-0.25, -0.2) is 9.78 Å². The molecule has 6 nitrogen and oxygen atoms in total. The minimum absolute atomic E-state index is 0.0859. The zero-order chi connectivity index (χ0) is 17.0. The fourth-order valence-electron chi connectivity index (χ4n) is 1.56. The van der Waals surface area contributed by atoms with Gasteiger partial charge in [0.15, 0.2) is 12.4 Å². The normalized spacial score (nSPS) is 10.2. The van der Waals surface area contributed by atoms with Crippen molar-refractivity contribution in [3.05, 3.63) is 51.1 Å². The van der Waals surface area contributed by atoms with Gasteiger partial charge in [-0.1, -0.05) is 34.8 Å². The molecule has 0 aliphatic heterocycles. The van der Waals surface area contributed by atoms with Crippen molar-refractivity contribution >= 4 is 52.5 Å². The summed E-state index contributed by atoms with van der Waals surface area (Å²) in [5.74, 6) is -1.77. The molecule has 0 atom stereocenters. The van der Waals surface area contributed by atoms with Crippen molar-refractivity contribution in [1.29, 1.82) is 0 Å². The SMILES string of the molecule is O=C(COC(=O)c1cc(Cl)ccc1O)Nc1ncc(Cl)cc1Cl. The number of rotatable bonds is 4. The standard InChI is InChI=1S/C14H9Cl3N2O4/c15-7-1-2-11(20)9(3-7)14(22)23-6-12(21)19-13-10(17)4-8(16)5-18-13/h1-5,20H,6H2,(H,18,19,21). The predicted molar refractivity (Wildman–Crippen MR) is 86.3 cm³/mol. The number of nitrogens with zero attached hydrogens (tertiary/aromatic N) is 1. The summed E-state index contributed by atoms with van der Waals surface area (Å²) in [6.45, 7) is -0.592. The van der Waals surface area contributed by atoms with Gasteiger partial charge in [0.05, 0.1) is 10.0 Å². The van der Waals surface area contributed by atoms with E-state index in [1.54, 1.807) is 0 Å². The van der Waals surface area contributed by atoms with Gasteiger partial charge in [0.25, 0.3) is 5.91 Å². The molecule has 9 heteroatoms. The Morgan fingerprint density at radius 1 is 1.17 bits per heavy atom. The molecule has 0 fully saturated rings. The van der Waals surface area contributed by atoms with Crippen LogP contribution in [0.3, 0.4) is 0 Å². The van der Waals surface area contributed by atoms with E-state index in [9.17, 15) is 14.7 Å². The van der Waals surface area contributed by atoms with E-state index in [2.05, 4.69) is 10.3 Å². The molecule has 0 spiro atoms. The lowest BCUT2D eigenvalue weighted by molar-refractivity contribution is -0.119. The Bertz CT molecular complexity index is 768.